The van der Waals surface area contributed by atoms with Gasteiger partial charge < -0.3 is 14.3 Å². The van der Waals surface area contributed by atoms with E-state index in [1.54, 1.807) is 18.4 Å². The van der Waals surface area contributed by atoms with Gasteiger partial charge in [-0.15, -0.1) is 0 Å². The second-order valence-electron chi connectivity index (χ2n) is 5.45. The molecule has 0 fully saturated rings. The molecule has 124 valence electrons. The van der Waals surface area contributed by atoms with Crippen molar-refractivity contribution in [2.45, 2.75) is 32.6 Å². The first-order valence-corrected chi connectivity index (χ1v) is 8.04. The molecule has 2 heterocycles. The van der Waals surface area contributed by atoms with E-state index in [-0.39, 0.29) is 5.91 Å². The first kappa shape index (κ1) is 16.0. The number of nitrogens with zero attached hydrogens (tertiary/aromatic N) is 2. The van der Waals surface area contributed by atoms with Crippen molar-refractivity contribution in [1.82, 2.24) is 10.1 Å². The topological polar surface area (TPSA) is 81.2 Å². The van der Waals surface area contributed by atoms with E-state index in [1.807, 2.05) is 24.3 Å². The van der Waals surface area contributed by atoms with Crippen LogP contribution >= 0.6 is 0 Å². The summed E-state index contributed by atoms with van der Waals surface area (Å²) in [6.45, 7) is 2.11. The molecule has 0 aliphatic rings. The quantitative estimate of drug-likeness (QED) is 0.646. The molecule has 6 heteroatoms. The van der Waals surface area contributed by atoms with E-state index in [0.29, 0.717) is 35.1 Å². The Morgan fingerprint density at radius 1 is 1.17 bits per heavy atom. The minimum atomic E-state index is -0.0123. The van der Waals surface area contributed by atoms with Crippen molar-refractivity contribution in [2.75, 3.05) is 5.32 Å². The summed E-state index contributed by atoms with van der Waals surface area (Å²) in [6.07, 6.45) is 5.07. The molecule has 0 aliphatic carbocycles. The number of furan rings is 1. The zero-order chi connectivity index (χ0) is 16.8. The molecular formula is C18H19N3O3. The minimum absolute atomic E-state index is 0.0123. The summed E-state index contributed by atoms with van der Waals surface area (Å²) in [6, 6.07) is 10.9. The number of amides is 1. The number of aromatic nitrogens is 2. The van der Waals surface area contributed by atoms with Crippen LogP contribution in [0.2, 0.25) is 0 Å². The highest BCUT2D eigenvalue weighted by Gasteiger charge is 2.16. The van der Waals surface area contributed by atoms with Crippen LogP contribution in [0.25, 0.3) is 23.0 Å². The van der Waals surface area contributed by atoms with Gasteiger partial charge in [0.2, 0.25) is 11.7 Å². The average molecular weight is 325 g/mol. The molecule has 3 aromatic rings. The largest absolute Gasteiger partial charge is 0.461 e. The van der Waals surface area contributed by atoms with Gasteiger partial charge in [-0.05, 0) is 30.7 Å². The highest BCUT2D eigenvalue weighted by Crippen LogP contribution is 2.28. The number of hydrogen-bond donors (Lipinski definition) is 1. The molecule has 0 aliphatic heterocycles. The van der Waals surface area contributed by atoms with E-state index in [2.05, 4.69) is 22.4 Å². The Morgan fingerprint density at radius 2 is 2.04 bits per heavy atom. The van der Waals surface area contributed by atoms with Crippen LogP contribution in [-0.4, -0.2) is 16.0 Å². The number of anilines is 1. The zero-order valence-corrected chi connectivity index (χ0v) is 13.5. The Balaban J connectivity index is 1.78. The fourth-order valence-corrected chi connectivity index (χ4v) is 2.37. The van der Waals surface area contributed by atoms with Crippen LogP contribution in [0.5, 0.6) is 0 Å². The van der Waals surface area contributed by atoms with Crippen LogP contribution in [0.4, 0.5) is 5.69 Å². The summed E-state index contributed by atoms with van der Waals surface area (Å²) in [5.74, 6) is 1.23. The molecule has 0 saturated heterocycles. The van der Waals surface area contributed by atoms with Gasteiger partial charge in [-0.3, -0.25) is 4.79 Å². The number of rotatable bonds is 7. The lowest BCUT2D eigenvalue weighted by Crippen LogP contribution is -2.11. The number of para-hydroxylation sites is 1. The third-order valence-corrected chi connectivity index (χ3v) is 3.61. The molecule has 6 nitrogen and oxygen atoms in total. The smallest absolute Gasteiger partial charge is 0.260 e. The lowest BCUT2D eigenvalue weighted by molar-refractivity contribution is -0.116. The second-order valence-corrected chi connectivity index (χ2v) is 5.45. The Labute approximate surface area is 139 Å². The highest BCUT2D eigenvalue weighted by molar-refractivity contribution is 5.94. The standard InChI is InChI=1S/C18H19N3O3/c1-2-3-4-11-16(22)19-14-9-6-5-8-13(14)18-20-17(21-24-18)15-10-7-12-23-15/h5-10,12H,2-4,11H2,1H3,(H,19,22). The van der Waals surface area contributed by atoms with Crippen molar-refractivity contribution in [2.24, 2.45) is 0 Å². The average Bonchev–Trinajstić information content (AvgIpc) is 3.27. The summed E-state index contributed by atoms with van der Waals surface area (Å²) >= 11 is 0. The fourth-order valence-electron chi connectivity index (χ4n) is 2.37. The van der Waals surface area contributed by atoms with Crippen molar-refractivity contribution >= 4 is 11.6 Å². The predicted octanol–water partition coefficient (Wildman–Crippen LogP) is 4.52. The molecule has 1 N–H and O–H groups in total. The lowest BCUT2D eigenvalue weighted by Gasteiger charge is -2.08. The van der Waals surface area contributed by atoms with Crippen LogP contribution < -0.4 is 5.32 Å². The van der Waals surface area contributed by atoms with Gasteiger partial charge >= 0.3 is 0 Å². The zero-order valence-electron chi connectivity index (χ0n) is 13.5. The molecular weight excluding hydrogens is 306 g/mol. The van der Waals surface area contributed by atoms with E-state index in [1.165, 1.54) is 0 Å². The molecule has 0 unspecified atom stereocenters. The van der Waals surface area contributed by atoms with Crippen LogP contribution in [-0.2, 0) is 4.79 Å². The number of carbonyl (C=O) groups excluding carboxylic acids is 1. The summed E-state index contributed by atoms with van der Waals surface area (Å²) in [5.41, 5.74) is 1.35. The molecule has 0 saturated carbocycles. The Hall–Kier alpha value is -2.89. The number of unbranched alkanes of at least 4 members (excludes halogenated alkanes) is 2. The van der Waals surface area contributed by atoms with Crippen molar-refractivity contribution in [3.63, 3.8) is 0 Å². The van der Waals surface area contributed by atoms with Crippen molar-refractivity contribution < 1.29 is 13.7 Å². The summed E-state index contributed by atoms with van der Waals surface area (Å²) in [4.78, 5) is 16.4. The first-order chi connectivity index (χ1) is 11.8. The van der Waals surface area contributed by atoms with Crippen LogP contribution in [0.15, 0.2) is 51.6 Å². The first-order valence-electron chi connectivity index (χ1n) is 8.04. The maximum Gasteiger partial charge on any atom is 0.260 e. The van der Waals surface area contributed by atoms with Crippen LogP contribution in [0.3, 0.4) is 0 Å². The number of nitrogens with one attached hydrogen (secondary N) is 1. The third-order valence-electron chi connectivity index (χ3n) is 3.61. The van der Waals surface area contributed by atoms with Gasteiger partial charge in [0.05, 0.1) is 17.5 Å². The number of benzene rings is 1. The maximum absolute atomic E-state index is 12.1. The van der Waals surface area contributed by atoms with Gasteiger partial charge in [0.25, 0.3) is 5.89 Å². The Morgan fingerprint density at radius 3 is 2.83 bits per heavy atom. The molecule has 2 aromatic heterocycles. The van der Waals surface area contributed by atoms with E-state index in [9.17, 15) is 4.79 Å². The second kappa shape index (κ2) is 7.59. The van der Waals surface area contributed by atoms with Gasteiger partial charge in [-0.1, -0.05) is 37.1 Å². The monoisotopic (exact) mass is 325 g/mol. The normalized spacial score (nSPS) is 10.7. The molecule has 1 aromatic carbocycles. The van der Waals surface area contributed by atoms with E-state index < -0.39 is 0 Å². The van der Waals surface area contributed by atoms with Gasteiger partial charge in [0, 0.05) is 6.42 Å². The molecule has 3 rings (SSSR count). The lowest BCUT2D eigenvalue weighted by atomic mass is 10.1. The van der Waals surface area contributed by atoms with Crippen molar-refractivity contribution in [3.8, 4) is 23.0 Å². The van der Waals surface area contributed by atoms with Crippen LogP contribution in [0.1, 0.15) is 32.6 Å². The van der Waals surface area contributed by atoms with Gasteiger partial charge in [-0.2, -0.15) is 4.98 Å². The molecule has 0 spiro atoms. The van der Waals surface area contributed by atoms with Gasteiger partial charge in [-0.25, -0.2) is 0 Å². The summed E-state index contributed by atoms with van der Waals surface area (Å²) in [7, 11) is 0. The minimum Gasteiger partial charge on any atom is -0.461 e. The van der Waals surface area contributed by atoms with E-state index >= 15 is 0 Å². The highest BCUT2D eigenvalue weighted by atomic mass is 16.5. The summed E-state index contributed by atoms with van der Waals surface area (Å²) in [5, 5.41) is 6.85. The van der Waals surface area contributed by atoms with Crippen LogP contribution in [0, 0.1) is 0 Å². The van der Waals surface area contributed by atoms with Gasteiger partial charge in [0.15, 0.2) is 5.76 Å². The number of hydrogen-bond acceptors (Lipinski definition) is 5. The van der Waals surface area contributed by atoms with Gasteiger partial charge in [0.1, 0.15) is 0 Å². The predicted molar refractivity (Wildman–Crippen MR) is 90.2 cm³/mol. The molecule has 24 heavy (non-hydrogen) atoms. The summed E-state index contributed by atoms with van der Waals surface area (Å²) < 4.78 is 10.6. The van der Waals surface area contributed by atoms with E-state index in [4.69, 9.17) is 8.94 Å². The van der Waals surface area contributed by atoms with Crippen molar-refractivity contribution in [3.05, 3.63) is 42.7 Å². The molecule has 1 amide bonds. The maximum atomic E-state index is 12.1. The SMILES string of the molecule is CCCCCC(=O)Nc1ccccc1-c1nc(-c2ccco2)no1. The van der Waals surface area contributed by atoms with E-state index in [0.717, 1.165) is 19.3 Å². The Kier molecular flexibility index (Phi) is 5.05. The molecule has 0 bridgehead atoms. The Bertz CT molecular complexity index is 793. The molecule has 0 atom stereocenters. The third kappa shape index (κ3) is 3.71. The number of carbonyl (C=O) groups is 1. The van der Waals surface area contributed by atoms with Crippen molar-refractivity contribution in [1.29, 1.82) is 0 Å². The fraction of sp³-hybridized carbons (Fsp3) is 0.278. The molecule has 0 radical (unpaired) electrons.